The fraction of sp³-hybridized carbons (Fsp3) is 0.240. The van der Waals surface area contributed by atoms with Gasteiger partial charge in [0, 0.05) is 35.2 Å². The van der Waals surface area contributed by atoms with E-state index in [-0.39, 0.29) is 18.9 Å². The largest absolute Gasteiger partial charge is 0.486 e. The highest BCUT2D eigenvalue weighted by Gasteiger charge is 2.20. The number of hydrogen-bond donors (Lipinski definition) is 2. The Hall–Kier alpha value is -4.27. The van der Waals surface area contributed by atoms with Crippen molar-refractivity contribution in [2.75, 3.05) is 19.8 Å². The molecule has 4 rings (SSSR count). The number of carbonyl (C=O) groups is 3. The minimum Gasteiger partial charge on any atom is -0.486 e. The molecular weight excluding hydrogens is 438 g/mol. The van der Waals surface area contributed by atoms with E-state index in [1.807, 2.05) is 36.6 Å². The molecule has 0 spiro atoms. The summed E-state index contributed by atoms with van der Waals surface area (Å²) >= 11 is 0. The van der Waals surface area contributed by atoms with Gasteiger partial charge < -0.3 is 29.8 Å². The van der Waals surface area contributed by atoms with Crippen LogP contribution < -0.4 is 20.5 Å². The van der Waals surface area contributed by atoms with Crippen molar-refractivity contribution in [3.63, 3.8) is 0 Å². The molecule has 34 heavy (non-hydrogen) atoms. The average Bonchev–Trinajstić information content (AvgIpc) is 3.14. The van der Waals surface area contributed by atoms with Gasteiger partial charge in [-0.25, -0.2) is 9.59 Å². The van der Waals surface area contributed by atoms with Crippen molar-refractivity contribution >= 4 is 17.8 Å². The summed E-state index contributed by atoms with van der Waals surface area (Å²) < 4.78 is 18.4. The Labute approximate surface area is 196 Å². The number of carbonyl (C=O) groups excluding carboxylic acids is 3. The Morgan fingerprint density at radius 3 is 2.41 bits per heavy atom. The van der Waals surface area contributed by atoms with Crippen LogP contribution in [0.2, 0.25) is 0 Å². The Kier molecular flexibility index (Phi) is 6.53. The third kappa shape index (κ3) is 4.88. The smallest absolute Gasteiger partial charge is 0.338 e. The topological polar surface area (TPSA) is 122 Å². The molecule has 2 aromatic carbocycles. The lowest BCUT2D eigenvalue weighted by Gasteiger charge is -2.20. The Morgan fingerprint density at radius 1 is 1.00 bits per heavy atom. The van der Waals surface area contributed by atoms with Crippen LogP contribution in [0.25, 0.3) is 5.69 Å². The molecule has 0 aliphatic carbocycles. The third-order valence-corrected chi connectivity index (χ3v) is 5.51. The van der Waals surface area contributed by atoms with E-state index in [2.05, 4.69) is 5.32 Å². The quantitative estimate of drug-likeness (QED) is 0.410. The number of esters is 1. The van der Waals surface area contributed by atoms with Gasteiger partial charge in [0.05, 0.1) is 5.56 Å². The molecule has 3 aromatic rings. The van der Waals surface area contributed by atoms with E-state index >= 15 is 0 Å². The third-order valence-electron chi connectivity index (χ3n) is 5.51. The maximum atomic E-state index is 12.8. The predicted octanol–water partition coefficient (Wildman–Crippen LogP) is 3.07. The molecule has 0 atom stereocenters. The summed E-state index contributed by atoms with van der Waals surface area (Å²) in [5, 5.41) is 2.47. The molecule has 0 fully saturated rings. The van der Waals surface area contributed by atoms with Crippen LogP contribution in [0.5, 0.6) is 11.5 Å². The standard InChI is InChI=1S/C25H25N3O6/c1-15-11-20(16(2)28(15)19-7-8-22-23(12-19)33-10-9-32-22)21(29)14-34-24(30)18-5-3-17(4-6-18)13-27-25(26)31/h3-8,11-12H,9-10,13-14H2,1-2H3,(H3,26,27,31). The zero-order valence-corrected chi connectivity index (χ0v) is 18.9. The lowest BCUT2D eigenvalue weighted by molar-refractivity contribution is 0.0474. The number of ether oxygens (including phenoxy) is 3. The van der Waals surface area contributed by atoms with E-state index in [9.17, 15) is 14.4 Å². The number of nitrogens with zero attached hydrogens (tertiary/aromatic N) is 1. The summed E-state index contributed by atoms with van der Waals surface area (Å²) in [4.78, 5) is 36.0. The fourth-order valence-electron chi connectivity index (χ4n) is 3.85. The van der Waals surface area contributed by atoms with Gasteiger partial charge >= 0.3 is 12.0 Å². The zero-order valence-electron chi connectivity index (χ0n) is 18.9. The van der Waals surface area contributed by atoms with Gasteiger partial charge in [-0.1, -0.05) is 12.1 Å². The van der Waals surface area contributed by atoms with Gasteiger partial charge in [0.1, 0.15) is 13.2 Å². The average molecular weight is 463 g/mol. The lowest BCUT2D eigenvalue weighted by Crippen LogP contribution is -2.28. The Morgan fingerprint density at radius 2 is 1.71 bits per heavy atom. The molecular formula is C25H25N3O6. The minimum atomic E-state index is -0.629. The van der Waals surface area contributed by atoms with Crippen molar-refractivity contribution in [1.29, 1.82) is 0 Å². The monoisotopic (exact) mass is 463 g/mol. The molecule has 2 heterocycles. The molecule has 176 valence electrons. The van der Waals surface area contributed by atoms with Crippen molar-refractivity contribution in [3.8, 4) is 17.2 Å². The van der Waals surface area contributed by atoms with E-state index in [4.69, 9.17) is 19.9 Å². The van der Waals surface area contributed by atoms with Crippen LogP contribution in [0.3, 0.4) is 0 Å². The molecule has 0 bridgehead atoms. The van der Waals surface area contributed by atoms with Crippen LogP contribution in [0.15, 0.2) is 48.5 Å². The van der Waals surface area contributed by atoms with Crippen molar-refractivity contribution in [2.45, 2.75) is 20.4 Å². The molecule has 0 saturated carbocycles. The number of urea groups is 1. The van der Waals surface area contributed by atoms with Gasteiger partial charge in [0.2, 0.25) is 5.78 Å². The van der Waals surface area contributed by atoms with E-state index in [1.54, 1.807) is 30.3 Å². The first-order valence-electron chi connectivity index (χ1n) is 10.7. The number of aromatic nitrogens is 1. The number of fused-ring (bicyclic) bond motifs is 1. The Balaban J connectivity index is 1.43. The number of rotatable bonds is 7. The molecule has 9 nitrogen and oxygen atoms in total. The van der Waals surface area contributed by atoms with E-state index in [0.717, 1.165) is 22.6 Å². The summed E-state index contributed by atoms with van der Waals surface area (Å²) in [5.41, 5.74) is 9.06. The molecule has 9 heteroatoms. The molecule has 3 N–H and O–H groups in total. The number of benzene rings is 2. The van der Waals surface area contributed by atoms with Crippen molar-refractivity contribution in [2.24, 2.45) is 5.73 Å². The van der Waals surface area contributed by atoms with E-state index < -0.39 is 12.0 Å². The molecule has 0 unspecified atom stereocenters. The van der Waals surface area contributed by atoms with Crippen LogP contribution >= 0.6 is 0 Å². The highest BCUT2D eigenvalue weighted by Crippen LogP contribution is 2.33. The van der Waals surface area contributed by atoms with Gasteiger partial charge in [0.25, 0.3) is 0 Å². The van der Waals surface area contributed by atoms with E-state index in [1.165, 1.54) is 0 Å². The normalized spacial score (nSPS) is 12.2. The van der Waals surface area contributed by atoms with Crippen LogP contribution in [0.1, 0.15) is 37.7 Å². The van der Waals surface area contributed by atoms with Gasteiger partial charge in [-0.05, 0) is 49.7 Å². The number of nitrogens with one attached hydrogen (secondary N) is 1. The van der Waals surface area contributed by atoms with E-state index in [0.29, 0.717) is 35.8 Å². The summed E-state index contributed by atoms with van der Waals surface area (Å²) in [7, 11) is 0. The fourth-order valence-corrected chi connectivity index (χ4v) is 3.85. The van der Waals surface area contributed by atoms with Gasteiger partial charge in [-0.15, -0.1) is 0 Å². The van der Waals surface area contributed by atoms with Crippen LogP contribution in [-0.2, 0) is 11.3 Å². The maximum Gasteiger partial charge on any atom is 0.338 e. The number of amides is 2. The van der Waals surface area contributed by atoms with Gasteiger partial charge in [-0.3, -0.25) is 4.79 Å². The second-order valence-electron chi connectivity index (χ2n) is 7.86. The van der Waals surface area contributed by atoms with Crippen molar-refractivity contribution in [1.82, 2.24) is 9.88 Å². The highest BCUT2D eigenvalue weighted by atomic mass is 16.6. The number of nitrogens with two attached hydrogens (primary N) is 1. The number of ketones is 1. The summed E-state index contributed by atoms with van der Waals surface area (Å²) in [5.74, 6) is 0.447. The van der Waals surface area contributed by atoms with Crippen molar-refractivity contribution in [3.05, 3.63) is 76.6 Å². The van der Waals surface area contributed by atoms with Crippen LogP contribution in [0.4, 0.5) is 4.79 Å². The van der Waals surface area contributed by atoms with Gasteiger partial charge in [0.15, 0.2) is 18.1 Å². The number of hydrogen-bond acceptors (Lipinski definition) is 6. The predicted molar refractivity (Wildman–Crippen MR) is 124 cm³/mol. The number of Topliss-reactive ketones (excluding diaryl/α,β-unsaturated/α-hetero) is 1. The SMILES string of the molecule is Cc1cc(C(=O)COC(=O)c2ccc(CNC(N)=O)cc2)c(C)n1-c1ccc2c(c1)OCCO2. The second-order valence-corrected chi connectivity index (χ2v) is 7.86. The maximum absolute atomic E-state index is 12.8. The molecule has 0 radical (unpaired) electrons. The summed E-state index contributed by atoms with van der Waals surface area (Å²) in [6.45, 7) is 4.63. The van der Waals surface area contributed by atoms with Crippen LogP contribution in [-0.4, -0.2) is 42.2 Å². The first-order valence-corrected chi connectivity index (χ1v) is 10.7. The highest BCUT2D eigenvalue weighted by molar-refractivity contribution is 6.00. The zero-order chi connectivity index (χ0) is 24.2. The minimum absolute atomic E-state index is 0.252. The molecule has 2 amide bonds. The van der Waals surface area contributed by atoms with Crippen LogP contribution in [0, 0.1) is 13.8 Å². The Bertz CT molecular complexity index is 1250. The number of aryl methyl sites for hydroxylation is 1. The lowest BCUT2D eigenvalue weighted by atomic mass is 10.1. The first-order chi connectivity index (χ1) is 16.3. The molecule has 0 saturated heterocycles. The first kappa shape index (κ1) is 22.9. The molecule has 1 aromatic heterocycles. The molecule has 1 aliphatic rings. The van der Waals surface area contributed by atoms with Crippen molar-refractivity contribution < 1.29 is 28.6 Å². The van der Waals surface area contributed by atoms with Gasteiger partial charge in [-0.2, -0.15) is 0 Å². The number of primary amides is 1. The summed E-state index contributed by atoms with van der Waals surface area (Å²) in [6, 6.07) is 13.3. The summed E-state index contributed by atoms with van der Waals surface area (Å²) in [6.07, 6.45) is 0. The molecule has 1 aliphatic heterocycles. The second kappa shape index (κ2) is 9.70.